The number of amides is 1. The first kappa shape index (κ1) is 13.8. The zero-order chi connectivity index (χ0) is 13.8. The Morgan fingerprint density at radius 1 is 1.30 bits per heavy atom. The lowest BCUT2D eigenvalue weighted by atomic mass is 10.2. The van der Waals surface area contributed by atoms with Gasteiger partial charge < -0.3 is 4.74 Å². The Labute approximate surface area is 125 Å². The van der Waals surface area contributed by atoms with Gasteiger partial charge >= 0.3 is 0 Å². The number of nitrogens with one attached hydrogen (secondary N) is 1. The van der Waals surface area contributed by atoms with Crippen molar-refractivity contribution in [3.63, 3.8) is 0 Å². The topological polar surface area (TPSA) is 47.6 Å². The van der Waals surface area contributed by atoms with Gasteiger partial charge in [0.15, 0.2) is 6.29 Å². The maximum absolute atomic E-state index is 12.0. The Balaban J connectivity index is 1.57. The van der Waals surface area contributed by atoms with Gasteiger partial charge in [-0.05, 0) is 36.4 Å². The van der Waals surface area contributed by atoms with Gasteiger partial charge in [-0.1, -0.05) is 6.07 Å². The van der Waals surface area contributed by atoms with Crippen molar-refractivity contribution in [3.8, 4) is 9.75 Å². The molecule has 2 aromatic heterocycles. The molecule has 1 N–H and O–H groups in total. The number of carbonyl (C=O) groups is 1. The maximum atomic E-state index is 12.0. The van der Waals surface area contributed by atoms with Crippen LogP contribution in [0, 0.1) is 0 Å². The molecule has 1 fully saturated rings. The van der Waals surface area contributed by atoms with Crippen molar-refractivity contribution in [2.45, 2.75) is 25.6 Å². The van der Waals surface area contributed by atoms with Crippen molar-refractivity contribution >= 4 is 28.6 Å². The average molecular weight is 309 g/mol. The van der Waals surface area contributed by atoms with Gasteiger partial charge in [0.25, 0.3) is 5.91 Å². The first-order chi connectivity index (χ1) is 9.83. The third-order valence-electron chi connectivity index (χ3n) is 3.01. The second-order valence-corrected chi connectivity index (χ2v) is 6.52. The van der Waals surface area contributed by atoms with Crippen LogP contribution in [0.3, 0.4) is 0 Å². The summed E-state index contributed by atoms with van der Waals surface area (Å²) < 4.78 is 5.40. The van der Waals surface area contributed by atoms with Gasteiger partial charge in [0.2, 0.25) is 0 Å². The predicted molar refractivity (Wildman–Crippen MR) is 79.8 cm³/mol. The Bertz CT molecular complexity index is 559. The summed E-state index contributed by atoms with van der Waals surface area (Å²) in [6, 6.07) is 7.83. The number of hydrogen-bond acceptors (Lipinski definition) is 5. The lowest BCUT2D eigenvalue weighted by molar-refractivity contribution is -0.186. The molecule has 0 aliphatic carbocycles. The molecule has 0 bridgehead atoms. The van der Waals surface area contributed by atoms with E-state index in [1.54, 1.807) is 11.3 Å². The van der Waals surface area contributed by atoms with Crippen molar-refractivity contribution in [1.29, 1.82) is 0 Å². The van der Waals surface area contributed by atoms with E-state index in [4.69, 9.17) is 9.57 Å². The van der Waals surface area contributed by atoms with Crippen LogP contribution in [0.15, 0.2) is 29.6 Å². The van der Waals surface area contributed by atoms with E-state index in [-0.39, 0.29) is 12.2 Å². The number of hydroxylamine groups is 1. The van der Waals surface area contributed by atoms with Crippen LogP contribution in [-0.2, 0) is 9.57 Å². The molecule has 1 amide bonds. The van der Waals surface area contributed by atoms with Crippen LogP contribution in [0.5, 0.6) is 0 Å². The predicted octanol–water partition coefficient (Wildman–Crippen LogP) is 3.66. The third kappa shape index (κ3) is 3.27. The minimum Gasteiger partial charge on any atom is -0.350 e. The highest BCUT2D eigenvalue weighted by molar-refractivity contribution is 7.22. The molecule has 0 aromatic carbocycles. The fourth-order valence-electron chi connectivity index (χ4n) is 1.98. The Morgan fingerprint density at radius 2 is 2.25 bits per heavy atom. The zero-order valence-corrected chi connectivity index (χ0v) is 12.5. The van der Waals surface area contributed by atoms with Gasteiger partial charge in [0.1, 0.15) is 0 Å². The summed E-state index contributed by atoms with van der Waals surface area (Å²) in [7, 11) is 0. The molecule has 3 heterocycles. The van der Waals surface area contributed by atoms with E-state index < -0.39 is 0 Å². The highest BCUT2D eigenvalue weighted by atomic mass is 32.1. The summed E-state index contributed by atoms with van der Waals surface area (Å²) in [5.74, 6) is -0.216. The van der Waals surface area contributed by atoms with Crippen LogP contribution < -0.4 is 5.48 Å². The Hall–Kier alpha value is -1.21. The normalized spacial score (nSPS) is 18.9. The highest BCUT2D eigenvalue weighted by Gasteiger charge is 2.17. The zero-order valence-electron chi connectivity index (χ0n) is 10.8. The minimum absolute atomic E-state index is 0.216. The quantitative estimate of drug-likeness (QED) is 0.877. The smallest absolute Gasteiger partial charge is 0.285 e. The van der Waals surface area contributed by atoms with Crippen molar-refractivity contribution in [3.05, 3.63) is 34.5 Å². The van der Waals surface area contributed by atoms with Crippen molar-refractivity contribution in [2.24, 2.45) is 0 Å². The van der Waals surface area contributed by atoms with Crippen LogP contribution in [-0.4, -0.2) is 18.8 Å². The molecule has 4 nitrogen and oxygen atoms in total. The second kappa shape index (κ2) is 6.49. The number of hydrogen-bond donors (Lipinski definition) is 1. The molecule has 106 valence electrons. The van der Waals surface area contributed by atoms with Crippen LogP contribution in [0.4, 0.5) is 0 Å². The molecule has 2 aromatic rings. The number of ether oxygens (including phenoxy) is 1. The summed E-state index contributed by atoms with van der Waals surface area (Å²) in [5.41, 5.74) is 2.48. The van der Waals surface area contributed by atoms with E-state index in [1.165, 1.54) is 16.2 Å². The van der Waals surface area contributed by atoms with E-state index >= 15 is 0 Å². The monoisotopic (exact) mass is 309 g/mol. The number of thiophene rings is 2. The summed E-state index contributed by atoms with van der Waals surface area (Å²) in [5, 5.41) is 2.03. The highest BCUT2D eigenvalue weighted by Crippen LogP contribution is 2.31. The maximum Gasteiger partial charge on any atom is 0.285 e. The Kier molecular flexibility index (Phi) is 4.47. The molecule has 20 heavy (non-hydrogen) atoms. The molecule has 0 saturated carbocycles. The van der Waals surface area contributed by atoms with Crippen molar-refractivity contribution in [2.75, 3.05) is 6.61 Å². The number of carbonyl (C=O) groups excluding carboxylic acids is 1. The second-order valence-electron chi connectivity index (χ2n) is 4.49. The van der Waals surface area contributed by atoms with Crippen LogP contribution >= 0.6 is 22.7 Å². The Morgan fingerprint density at radius 3 is 3.00 bits per heavy atom. The van der Waals surface area contributed by atoms with Gasteiger partial charge in [-0.25, -0.2) is 10.3 Å². The molecule has 0 spiro atoms. The molecule has 1 atom stereocenters. The molecular formula is C14H15NO3S2. The van der Waals surface area contributed by atoms with Crippen LogP contribution in [0.25, 0.3) is 9.75 Å². The lowest BCUT2D eigenvalue weighted by Gasteiger charge is -2.21. The van der Waals surface area contributed by atoms with E-state index in [1.807, 2.05) is 29.6 Å². The summed E-state index contributed by atoms with van der Waals surface area (Å²) in [6.45, 7) is 0.696. The molecule has 6 heteroatoms. The first-order valence-electron chi connectivity index (χ1n) is 6.54. The standard InChI is InChI=1S/C14H15NO3S2/c16-14(15-18-13-5-1-2-8-17-13)12-7-6-11(20-12)10-4-3-9-19-10/h3-4,6-7,9,13H,1-2,5,8H2,(H,15,16). The SMILES string of the molecule is O=C(NOC1CCCCO1)c1ccc(-c2cccs2)s1. The van der Waals surface area contributed by atoms with E-state index in [2.05, 4.69) is 5.48 Å². The van der Waals surface area contributed by atoms with Crippen LogP contribution in [0.1, 0.15) is 28.9 Å². The molecule has 1 aliphatic rings. The van der Waals surface area contributed by atoms with Gasteiger partial charge in [-0.2, -0.15) is 0 Å². The third-order valence-corrected chi connectivity index (χ3v) is 5.16. The van der Waals surface area contributed by atoms with Crippen LogP contribution in [0.2, 0.25) is 0 Å². The van der Waals surface area contributed by atoms with E-state index in [9.17, 15) is 4.79 Å². The van der Waals surface area contributed by atoms with Crippen molar-refractivity contribution < 1.29 is 14.4 Å². The molecule has 1 aliphatic heterocycles. The molecule has 3 rings (SSSR count). The molecule has 0 radical (unpaired) electrons. The van der Waals surface area contributed by atoms with Crippen molar-refractivity contribution in [1.82, 2.24) is 5.48 Å². The fourth-order valence-corrected chi connectivity index (χ4v) is 3.71. The van der Waals surface area contributed by atoms with E-state index in [0.29, 0.717) is 11.5 Å². The minimum atomic E-state index is -0.315. The molecular weight excluding hydrogens is 294 g/mol. The lowest BCUT2D eigenvalue weighted by Crippen LogP contribution is -2.32. The summed E-state index contributed by atoms with van der Waals surface area (Å²) in [4.78, 5) is 20.2. The molecule has 1 unspecified atom stereocenters. The fraction of sp³-hybridized carbons (Fsp3) is 0.357. The summed E-state index contributed by atoms with van der Waals surface area (Å²) >= 11 is 3.13. The summed E-state index contributed by atoms with van der Waals surface area (Å²) in [6.07, 6.45) is 2.64. The van der Waals surface area contributed by atoms with Gasteiger partial charge in [0.05, 0.1) is 4.88 Å². The largest absolute Gasteiger partial charge is 0.350 e. The van der Waals surface area contributed by atoms with Gasteiger partial charge in [-0.3, -0.25) is 4.79 Å². The average Bonchev–Trinajstić information content (AvgIpc) is 3.16. The van der Waals surface area contributed by atoms with E-state index in [0.717, 1.165) is 24.1 Å². The van der Waals surface area contributed by atoms with Gasteiger partial charge in [-0.15, -0.1) is 22.7 Å². The van der Waals surface area contributed by atoms with Gasteiger partial charge in [0, 0.05) is 22.8 Å². The first-order valence-corrected chi connectivity index (χ1v) is 8.24. The number of rotatable bonds is 4. The molecule has 1 saturated heterocycles.